The van der Waals surface area contributed by atoms with Crippen LogP contribution in [0.2, 0.25) is 0 Å². The Kier molecular flexibility index (Phi) is 20.1. The van der Waals surface area contributed by atoms with E-state index < -0.39 is 0 Å². The van der Waals surface area contributed by atoms with Crippen LogP contribution in [0.3, 0.4) is 0 Å². The SMILES string of the molecule is CC.CC.CC(=C/Cc1ccccc1)/C(=C\N)c1ccccc1.CCN/C(=C\C=C(C)C)c1ccc(C)cc1. The maximum absolute atomic E-state index is 5.77. The molecule has 39 heavy (non-hydrogen) atoms. The van der Waals surface area contributed by atoms with Gasteiger partial charge in [-0.15, -0.1) is 0 Å². The molecule has 0 amide bonds. The Morgan fingerprint density at radius 1 is 0.718 bits per heavy atom. The highest BCUT2D eigenvalue weighted by Crippen LogP contribution is 2.22. The first-order valence-electron chi connectivity index (χ1n) is 14.3. The van der Waals surface area contributed by atoms with Crippen molar-refractivity contribution >= 4 is 11.3 Å². The van der Waals surface area contributed by atoms with Gasteiger partial charge >= 0.3 is 0 Å². The van der Waals surface area contributed by atoms with Gasteiger partial charge in [-0.25, -0.2) is 0 Å². The first kappa shape index (κ1) is 35.2. The average molecular weight is 525 g/mol. The molecular weight excluding hydrogens is 472 g/mol. The van der Waals surface area contributed by atoms with Gasteiger partial charge in [0.2, 0.25) is 0 Å². The third-order valence-corrected chi connectivity index (χ3v) is 5.48. The highest BCUT2D eigenvalue weighted by Gasteiger charge is 2.02. The summed E-state index contributed by atoms with van der Waals surface area (Å²) in [4.78, 5) is 0. The van der Waals surface area contributed by atoms with E-state index in [1.807, 2.05) is 52.0 Å². The van der Waals surface area contributed by atoms with Crippen molar-refractivity contribution in [1.82, 2.24) is 5.32 Å². The predicted octanol–water partition coefficient (Wildman–Crippen LogP) is 10.1. The van der Waals surface area contributed by atoms with Crippen LogP contribution >= 0.6 is 0 Å². The van der Waals surface area contributed by atoms with E-state index in [2.05, 4.69) is 119 Å². The van der Waals surface area contributed by atoms with E-state index in [-0.39, 0.29) is 0 Å². The number of nitrogens with one attached hydrogen (secondary N) is 1. The summed E-state index contributed by atoms with van der Waals surface area (Å²) in [6, 6.07) is 29.3. The van der Waals surface area contributed by atoms with Gasteiger partial charge in [0.15, 0.2) is 0 Å². The van der Waals surface area contributed by atoms with E-state index in [9.17, 15) is 0 Å². The summed E-state index contributed by atoms with van der Waals surface area (Å²) in [5.41, 5.74) is 15.6. The van der Waals surface area contributed by atoms with Crippen molar-refractivity contribution in [2.45, 2.75) is 68.7 Å². The molecule has 0 spiro atoms. The fourth-order valence-corrected chi connectivity index (χ4v) is 3.50. The van der Waals surface area contributed by atoms with Crippen molar-refractivity contribution < 1.29 is 0 Å². The van der Waals surface area contributed by atoms with Crippen molar-refractivity contribution in [3.63, 3.8) is 0 Å². The summed E-state index contributed by atoms with van der Waals surface area (Å²) in [7, 11) is 0. The molecule has 2 heteroatoms. The minimum absolute atomic E-state index is 0.927. The molecule has 3 aromatic rings. The zero-order valence-electron chi connectivity index (χ0n) is 25.9. The molecule has 210 valence electrons. The van der Waals surface area contributed by atoms with E-state index in [0.29, 0.717) is 0 Å². The third kappa shape index (κ3) is 14.7. The van der Waals surface area contributed by atoms with E-state index in [0.717, 1.165) is 24.1 Å². The number of rotatable bonds is 8. The number of benzene rings is 3. The summed E-state index contributed by atoms with van der Waals surface area (Å²) < 4.78 is 0. The summed E-state index contributed by atoms with van der Waals surface area (Å²) in [6.07, 6.45) is 9.12. The number of aryl methyl sites for hydroxylation is 1. The van der Waals surface area contributed by atoms with Crippen LogP contribution in [0.1, 0.15) is 77.6 Å². The van der Waals surface area contributed by atoms with Crippen molar-refractivity contribution in [2.75, 3.05) is 6.54 Å². The molecule has 0 aliphatic heterocycles. The highest BCUT2D eigenvalue weighted by atomic mass is 14.9. The molecule has 0 bridgehead atoms. The Morgan fingerprint density at radius 2 is 1.26 bits per heavy atom. The normalized spacial score (nSPS) is 10.9. The summed E-state index contributed by atoms with van der Waals surface area (Å²) >= 11 is 0. The topological polar surface area (TPSA) is 38.0 Å². The Balaban J connectivity index is 0.000000665. The van der Waals surface area contributed by atoms with E-state index >= 15 is 0 Å². The summed E-state index contributed by atoms with van der Waals surface area (Å²) in [5, 5.41) is 3.39. The third-order valence-electron chi connectivity index (χ3n) is 5.48. The summed E-state index contributed by atoms with van der Waals surface area (Å²) in [5.74, 6) is 0. The van der Waals surface area contributed by atoms with Gasteiger partial charge in [0.05, 0.1) is 0 Å². The molecule has 0 unspecified atom stereocenters. The second kappa shape index (κ2) is 22.2. The lowest BCUT2D eigenvalue weighted by molar-refractivity contribution is 0.939. The minimum Gasteiger partial charge on any atom is -0.404 e. The lowest BCUT2D eigenvalue weighted by Gasteiger charge is -2.09. The van der Waals surface area contributed by atoms with Crippen LogP contribution in [0.5, 0.6) is 0 Å². The molecule has 0 saturated carbocycles. The van der Waals surface area contributed by atoms with Crippen LogP contribution in [0, 0.1) is 6.92 Å². The molecule has 0 heterocycles. The van der Waals surface area contributed by atoms with Gasteiger partial charge in [0, 0.05) is 18.4 Å². The maximum Gasteiger partial charge on any atom is 0.0413 e. The van der Waals surface area contributed by atoms with Crippen LogP contribution in [0.15, 0.2) is 121 Å². The Hall–Kier alpha value is -3.78. The second-order valence-corrected chi connectivity index (χ2v) is 8.74. The molecule has 0 aliphatic carbocycles. The molecule has 2 nitrogen and oxygen atoms in total. The molecule has 0 saturated heterocycles. The molecule has 3 rings (SSSR count). The molecule has 3 aromatic carbocycles. The van der Waals surface area contributed by atoms with Crippen molar-refractivity contribution in [1.29, 1.82) is 0 Å². The molecule has 0 atom stereocenters. The number of nitrogens with two attached hydrogens (primary N) is 1. The molecule has 0 aliphatic rings. The number of hydrogen-bond acceptors (Lipinski definition) is 2. The monoisotopic (exact) mass is 524 g/mol. The lowest BCUT2D eigenvalue weighted by Crippen LogP contribution is -2.10. The molecule has 0 aromatic heterocycles. The van der Waals surface area contributed by atoms with Gasteiger partial charge in [0.25, 0.3) is 0 Å². The minimum atomic E-state index is 0.927. The Bertz CT molecular complexity index is 1130. The van der Waals surface area contributed by atoms with Crippen molar-refractivity contribution in [3.05, 3.63) is 143 Å². The summed E-state index contributed by atoms with van der Waals surface area (Å²) in [6.45, 7) is 19.5. The molecule has 3 N–H and O–H groups in total. The predicted molar refractivity (Wildman–Crippen MR) is 177 cm³/mol. The van der Waals surface area contributed by atoms with E-state index in [1.54, 1.807) is 6.20 Å². The fraction of sp³-hybridized carbons (Fsp3) is 0.297. The van der Waals surface area contributed by atoms with Gasteiger partial charge < -0.3 is 11.1 Å². The van der Waals surface area contributed by atoms with Gasteiger partial charge in [-0.2, -0.15) is 0 Å². The Labute approximate surface area is 240 Å². The van der Waals surface area contributed by atoms with Crippen LogP contribution in [0.4, 0.5) is 0 Å². The standard InChI is InChI=1S/C18H19N.C15H21N.2C2H6/c1-15(12-13-16-8-4-2-5-9-16)18(14-19)17-10-6-3-7-11-17;1-5-16-15(11-6-12(2)3)14-9-7-13(4)8-10-14;2*1-2/h2-12,14H,13,19H2,1H3;6-11,16H,5H2,1-4H3;2*1-2H3/b15-12-,18-14+;15-11-;;. The fourth-order valence-electron chi connectivity index (χ4n) is 3.50. The lowest BCUT2D eigenvalue weighted by atomic mass is 9.98. The maximum atomic E-state index is 5.77. The van der Waals surface area contributed by atoms with Crippen LogP contribution in [0.25, 0.3) is 11.3 Å². The van der Waals surface area contributed by atoms with E-state index in [1.165, 1.54) is 33.5 Å². The molecule has 0 fully saturated rings. The van der Waals surface area contributed by atoms with Crippen LogP contribution in [-0.2, 0) is 6.42 Å². The van der Waals surface area contributed by atoms with E-state index in [4.69, 9.17) is 5.73 Å². The first-order chi connectivity index (χ1) is 18.9. The zero-order valence-corrected chi connectivity index (χ0v) is 25.9. The van der Waals surface area contributed by atoms with Crippen molar-refractivity contribution in [2.24, 2.45) is 5.73 Å². The number of allylic oxidation sites excluding steroid dienone is 6. The molecule has 0 radical (unpaired) electrons. The van der Waals surface area contributed by atoms with Crippen LogP contribution < -0.4 is 11.1 Å². The smallest absolute Gasteiger partial charge is 0.0413 e. The number of hydrogen-bond donors (Lipinski definition) is 2. The second-order valence-electron chi connectivity index (χ2n) is 8.74. The van der Waals surface area contributed by atoms with Gasteiger partial charge in [-0.05, 0) is 75.0 Å². The van der Waals surface area contributed by atoms with Gasteiger partial charge in [-0.3, -0.25) is 0 Å². The van der Waals surface area contributed by atoms with Crippen LogP contribution in [-0.4, -0.2) is 6.54 Å². The average Bonchev–Trinajstić information content (AvgIpc) is 2.98. The zero-order chi connectivity index (χ0) is 29.5. The largest absolute Gasteiger partial charge is 0.404 e. The highest BCUT2D eigenvalue weighted by molar-refractivity contribution is 5.78. The van der Waals surface area contributed by atoms with Gasteiger partial charge in [0.1, 0.15) is 0 Å². The quantitative estimate of drug-likeness (QED) is 0.288. The van der Waals surface area contributed by atoms with Crippen molar-refractivity contribution in [3.8, 4) is 0 Å². The molecular formula is C37H52N2. The Morgan fingerprint density at radius 3 is 1.74 bits per heavy atom. The first-order valence-corrected chi connectivity index (χ1v) is 14.3. The van der Waals surface area contributed by atoms with Gasteiger partial charge in [-0.1, -0.05) is 136 Å².